The van der Waals surface area contributed by atoms with Crippen LogP contribution in [-0.4, -0.2) is 6.29 Å². The van der Waals surface area contributed by atoms with Crippen molar-refractivity contribution in [2.24, 2.45) is 0 Å². The highest BCUT2D eigenvalue weighted by Crippen LogP contribution is 2.52. The summed E-state index contributed by atoms with van der Waals surface area (Å²) < 4.78 is 92.6. The first-order chi connectivity index (χ1) is 13.1. The van der Waals surface area contributed by atoms with Crippen LogP contribution in [0, 0.1) is 0 Å². The minimum atomic E-state index is -4.65. The summed E-state index contributed by atoms with van der Waals surface area (Å²) in [7, 11) is 0. The maximum absolute atomic E-state index is 14.6. The number of hydrogen-bond donors (Lipinski definition) is 0. The maximum Gasteiger partial charge on any atom is 0.586 e. The summed E-state index contributed by atoms with van der Waals surface area (Å²) >= 11 is 0. The Morgan fingerprint density at radius 3 is 2.00 bits per heavy atom. The molecule has 28 heavy (non-hydrogen) atoms. The van der Waals surface area contributed by atoms with Crippen molar-refractivity contribution in [3.63, 3.8) is 0 Å². The fourth-order valence-electron chi connectivity index (χ4n) is 2.97. The second kappa shape index (κ2) is 7.22. The number of fused-ring (bicyclic) bond motifs is 1. The molecule has 1 heterocycles. The molecule has 1 aliphatic heterocycles. The van der Waals surface area contributed by atoms with Crippen molar-refractivity contribution in [1.82, 2.24) is 0 Å². The minimum absolute atomic E-state index is 0.448. The highest BCUT2D eigenvalue weighted by molar-refractivity contribution is 5.47. The highest BCUT2D eigenvalue weighted by atomic mass is 19.3. The SMILES string of the molecule is CCCCCc1ccc(C(F)(F)C(F)(F)c2ccc3c(c2)OC(F)(F)O3)cc1. The zero-order valence-corrected chi connectivity index (χ0v) is 15.0. The van der Waals surface area contributed by atoms with Gasteiger partial charge in [-0.1, -0.05) is 44.0 Å². The van der Waals surface area contributed by atoms with Crippen LogP contribution in [-0.2, 0) is 18.3 Å². The Hall–Kier alpha value is -2.38. The number of benzene rings is 2. The average Bonchev–Trinajstić information content (AvgIpc) is 2.95. The molecule has 152 valence electrons. The third-order valence-electron chi connectivity index (χ3n) is 4.54. The van der Waals surface area contributed by atoms with Crippen molar-refractivity contribution >= 4 is 0 Å². The maximum atomic E-state index is 14.6. The highest BCUT2D eigenvalue weighted by Gasteiger charge is 2.59. The van der Waals surface area contributed by atoms with Gasteiger partial charge >= 0.3 is 18.1 Å². The molecule has 0 aromatic heterocycles. The van der Waals surface area contributed by atoms with E-state index >= 15 is 0 Å². The van der Waals surface area contributed by atoms with Crippen molar-refractivity contribution in [1.29, 1.82) is 0 Å². The number of unbranched alkanes of at least 4 members (excludes halogenated alkanes) is 2. The van der Waals surface area contributed by atoms with Crippen LogP contribution in [0.1, 0.15) is 42.9 Å². The van der Waals surface area contributed by atoms with Crippen LogP contribution in [0.2, 0.25) is 0 Å². The van der Waals surface area contributed by atoms with Gasteiger partial charge in [-0.05, 0) is 36.6 Å². The first-order valence-electron chi connectivity index (χ1n) is 8.82. The predicted molar refractivity (Wildman–Crippen MR) is 90.1 cm³/mol. The smallest absolute Gasteiger partial charge is 0.395 e. The fraction of sp³-hybridized carbons (Fsp3) is 0.400. The van der Waals surface area contributed by atoms with E-state index in [1.165, 1.54) is 12.1 Å². The van der Waals surface area contributed by atoms with Crippen molar-refractivity contribution in [2.45, 2.75) is 50.7 Å². The van der Waals surface area contributed by atoms with Crippen molar-refractivity contribution in [3.05, 3.63) is 59.2 Å². The Balaban J connectivity index is 1.84. The normalized spacial score (nSPS) is 15.7. The van der Waals surface area contributed by atoms with Crippen molar-refractivity contribution in [2.75, 3.05) is 0 Å². The average molecular weight is 404 g/mol. The molecule has 0 saturated carbocycles. The van der Waals surface area contributed by atoms with Gasteiger partial charge in [0.05, 0.1) is 0 Å². The van der Waals surface area contributed by atoms with Gasteiger partial charge in [0.1, 0.15) is 0 Å². The number of aryl methyl sites for hydroxylation is 1. The van der Waals surface area contributed by atoms with Crippen LogP contribution in [0.25, 0.3) is 0 Å². The summed E-state index contributed by atoms with van der Waals surface area (Å²) in [6, 6.07) is 6.56. The van der Waals surface area contributed by atoms with Gasteiger partial charge in [0.25, 0.3) is 0 Å². The zero-order valence-electron chi connectivity index (χ0n) is 15.0. The number of rotatable bonds is 7. The second-order valence-corrected chi connectivity index (χ2v) is 6.63. The Morgan fingerprint density at radius 1 is 0.786 bits per heavy atom. The molecule has 2 aromatic rings. The molecule has 0 atom stereocenters. The summed E-state index contributed by atoms with van der Waals surface area (Å²) in [6.07, 6.45) is -0.480. The van der Waals surface area contributed by atoms with Crippen LogP contribution < -0.4 is 9.47 Å². The molecule has 2 aromatic carbocycles. The third kappa shape index (κ3) is 3.77. The van der Waals surface area contributed by atoms with Crippen molar-refractivity contribution in [3.8, 4) is 11.5 Å². The summed E-state index contributed by atoms with van der Waals surface area (Å²) in [5.41, 5.74) is -1.23. The van der Waals surface area contributed by atoms with E-state index in [0.29, 0.717) is 18.6 Å². The number of alkyl halides is 6. The third-order valence-corrected chi connectivity index (χ3v) is 4.54. The summed E-state index contributed by atoms with van der Waals surface area (Å²) in [5.74, 6) is -10.4. The van der Waals surface area contributed by atoms with Gasteiger partial charge in [0.2, 0.25) is 0 Å². The molecule has 3 rings (SSSR count). The van der Waals surface area contributed by atoms with Crippen LogP contribution in [0.3, 0.4) is 0 Å². The van der Waals surface area contributed by atoms with E-state index in [9.17, 15) is 26.3 Å². The lowest BCUT2D eigenvalue weighted by Gasteiger charge is -2.27. The molecule has 0 saturated heterocycles. The standard InChI is InChI=1S/C20H18F6O2/c1-2-3-4-5-13-6-8-14(9-7-13)18(21,22)19(23,24)15-10-11-16-17(12-15)28-20(25,26)27-16/h6-12H,2-5H2,1H3. The van der Waals surface area contributed by atoms with Gasteiger partial charge < -0.3 is 9.47 Å². The number of hydrogen-bond acceptors (Lipinski definition) is 2. The Bertz CT molecular complexity index is 833. The van der Waals surface area contributed by atoms with Crippen LogP contribution in [0.5, 0.6) is 11.5 Å². The molecule has 0 fully saturated rings. The largest absolute Gasteiger partial charge is 0.586 e. The van der Waals surface area contributed by atoms with E-state index in [0.717, 1.165) is 43.0 Å². The van der Waals surface area contributed by atoms with Gasteiger partial charge in [0, 0.05) is 11.1 Å². The molecule has 0 N–H and O–H groups in total. The lowest BCUT2D eigenvalue weighted by molar-refractivity contribution is -0.286. The van der Waals surface area contributed by atoms with E-state index < -0.39 is 40.8 Å². The Labute approximate surface area is 158 Å². The molecule has 8 heteroatoms. The number of halogens is 6. The van der Waals surface area contributed by atoms with Gasteiger partial charge in [-0.2, -0.15) is 17.6 Å². The molecule has 0 unspecified atom stereocenters. The number of ether oxygens (including phenoxy) is 2. The van der Waals surface area contributed by atoms with E-state index in [1.54, 1.807) is 0 Å². The summed E-state index contributed by atoms with van der Waals surface area (Å²) in [4.78, 5) is 0. The van der Waals surface area contributed by atoms with Gasteiger partial charge in [-0.25, -0.2) is 0 Å². The van der Waals surface area contributed by atoms with E-state index in [1.807, 2.05) is 6.92 Å². The van der Waals surface area contributed by atoms with E-state index in [4.69, 9.17) is 0 Å². The first-order valence-corrected chi connectivity index (χ1v) is 8.82. The molecule has 0 bridgehead atoms. The molecule has 0 aliphatic carbocycles. The van der Waals surface area contributed by atoms with E-state index in [-0.39, 0.29) is 0 Å². The van der Waals surface area contributed by atoms with Gasteiger partial charge in [0.15, 0.2) is 11.5 Å². The summed E-state index contributed by atoms with van der Waals surface area (Å²) in [6.45, 7) is 2.03. The molecule has 0 radical (unpaired) electrons. The topological polar surface area (TPSA) is 18.5 Å². The lowest BCUT2D eigenvalue weighted by Crippen LogP contribution is -2.35. The molecule has 2 nitrogen and oxygen atoms in total. The quantitative estimate of drug-likeness (QED) is 0.381. The molecule has 1 aliphatic rings. The van der Waals surface area contributed by atoms with Gasteiger partial charge in [-0.15, -0.1) is 8.78 Å². The molecular formula is C20H18F6O2. The molecule has 0 amide bonds. The fourth-order valence-corrected chi connectivity index (χ4v) is 2.97. The van der Waals surface area contributed by atoms with Crippen molar-refractivity contribution < 1.29 is 35.8 Å². The predicted octanol–water partition coefficient (Wildman–Crippen LogP) is 6.62. The lowest BCUT2D eigenvalue weighted by atomic mass is 9.94. The molecular weight excluding hydrogens is 386 g/mol. The van der Waals surface area contributed by atoms with Crippen LogP contribution >= 0.6 is 0 Å². The van der Waals surface area contributed by atoms with Crippen LogP contribution in [0.4, 0.5) is 26.3 Å². The summed E-state index contributed by atoms with van der Waals surface area (Å²) in [5, 5.41) is 0. The zero-order chi connectivity index (χ0) is 20.6. The second-order valence-electron chi connectivity index (χ2n) is 6.63. The van der Waals surface area contributed by atoms with E-state index in [2.05, 4.69) is 9.47 Å². The minimum Gasteiger partial charge on any atom is -0.395 e. The Morgan fingerprint density at radius 2 is 1.36 bits per heavy atom. The van der Waals surface area contributed by atoms with Gasteiger partial charge in [-0.3, -0.25) is 0 Å². The van der Waals surface area contributed by atoms with Crippen LogP contribution in [0.15, 0.2) is 42.5 Å². The first kappa shape index (κ1) is 20.4. The molecule has 0 spiro atoms. The Kier molecular flexibility index (Phi) is 5.25. The monoisotopic (exact) mass is 404 g/mol.